The summed E-state index contributed by atoms with van der Waals surface area (Å²) in [4.78, 5) is 0. The van der Waals surface area contributed by atoms with Gasteiger partial charge in [-0.2, -0.15) is 0 Å². The lowest BCUT2D eigenvalue weighted by Gasteiger charge is -2.24. The van der Waals surface area contributed by atoms with Crippen LogP contribution in [0.2, 0.25) is 0 Å². The van der Waals surface area contributed by atoms with E-state index in [9.17, 15) is 25.5 Å². The van der Waals surface area contributed by atoms with Gasteiger partial charge >= 0.3 is 0 Å². The maximum absolute atomic E-state index is 10.1. The summed E-state index contributed by atoms with van der Waals surface area (Å²) in [6.45, 7) is 4.61. The smallest absolute Gasteiger partial charge is 0.219 e. The predicted octanol–water partition coefficient (Wildman–Crippen LogP) is 0.231. The third kappa shape index (κ3) is 7.26. The van der Waals surface area contributed by atoms with Crippen LogP contribution < -0.4 is 10.6 Å². The molecule has 0 aliphatic heterocycles. The van der Waals surface area contributed by atoms with Gasteiger partial charge in [-0.1, -0.05) is 19.4 Å². The van der Waals surface area contributed by atoms with Crippen molar-refractivity contribution in [1.82, 2.24) is 10.6 Å². The molecule has 7 N–H and O–H groups in total. The fraction of sp³-hybridized carbons (Fsp3) is 0.625. The Morgan fingerprint density at radius 3 is 1.91 bits per heavy atom. The number of unbranched alkanes of at least 4 members (excludes halogenated alkanes) is 1. The molecule has 0 saturated carbocycles. The minimum absolute atomic E-state index is 0.0105. The van der Waals surface area contributed by atoms with Crippen molar-refractivity contribution in [2.45, 2.75) is 64.9 Å². The van der Waals surface area contributed by atoms with Gasteiger partial charge in [-0.15, -0.1) is 0 Å². The maximum Gasteiger partial charge on any atom is 0.219 e. The topological polar surface area (TPSA) is 125 Å². The Hall–Kier alpha value is -1.22. The van der Waals surface area contributed by atoms with Gasteiger partial charge in [0, 0.05) is 32.5 Å². The van der Waals surface area contributed by atoms with Crippen molar-refractivity contribution in [3.63, 3.8) is 0 Å². The second-order valence-electron chi connectivity index (χ2n) is 6.05. The second-order valence-corrected chi connectivity index (χ2v) is 6.05. The predicted molar refractivity (Wildman–Crippen MR) is 86.1 cm³/mol. The van der Waals surface area contributed by atoms with Crippen LogP contribution in [0, 0.1) is 0 Å². The van der Waals surface area contributed by atoms with E-state index in [-0.39, 0.29) is 18.8 Å². The molecule has 7 heteroatoms. The van der Waals surface area contributed by atoms with Crippen LogP contribution in [0.1, 0.15) is 50.3 Å². The monoisotopic (exact) mass is 328 g/mol. The van der Waals surface area contributed by atoms with Crippen LogP contribution >= 0.6 is 0 Å². The number of phenols is 1. The maximum atomic E-state index is 10.1. The molecule has 23 heavy (non-hydrogen) atoms. The molecule has 0 aromatic heterocycles. The summed E-state index contributed by atoms with van der Waals surface area (Å²) < 4.78 is 0. The quantitative estimate of drug-likeness (QED) is 0.324. The van der Waals surface area contributed by atoms with Crippen molar-refractivity contribution < 1.29 is 25.5 Å². The summed E-state index contributed by atoms with van der Waals surface area (Å²) in [5.74, 6) is -4.10. The molecule has 0 aliphatic carbocycles. The molecule has 0 spiro atoms. The molecule has 132 valence electrons. The number of hydrogen-bond donors (Lipinski definition) is 7. The van der Waals surface area contributed by atoms with Crippen molar-refractivity contribution >= 4 is 0 Å². The SMILES string of the molecule is CCCCc1ccc(O)c(CNC(C)(O)O)c1CNC(C)(O)O. The van der Waals surface area contributed by atoms with Gasteiger partial charge in [-0.3, -0.25) is 10.6 Å². The fourth-order valence-corrected chi connectivity index (χ4v) is 2.26. The summed E-state index contributed by atoms with van der Waals surface area (Å²) >= 11 is 0. The van der Waals surface area contributed by atoms with E-state index in [0.29, 0.717) is 11.1 Å². The van der Waals surface area contributed by atoms with Gasteiger partial charge in [0.05, 0.1) is 0 Å². The average Bonchev–Trinajstić information content (AvgIpc) is 2.40. The number of benzene rings is 1. The molecule has 0 bridgehead atoms. The number of hydrogen-bond acceptors (Lipinski definition) is 7. The van der Waals surface area contributed by atoms with E-state index in [1.807, 2.05) is 0 Å². The van der Waals surface area contributed by atoms with Crippen LogP contribution in [-0.2, 0) is 19.5 Å². The molecule has 7 nitrogen and oxygen atoms in total. The molecule has 0 radical (unpaired) electrons. The molecule has 0 atom stereocenters. The highest BCUT2D eigenvalue weighted by Crippen LogP contribution is 2.26. The number of phenolic OH excluding ortho intramolecular Hbond substituents is 1. The van der Waals surface area contributed by atoms with E-state index in [2.05, 4.69) is 17.6 Å². The first-order valence-corrected chi connectivity index (χ1v) is 7.75. The highest BCUT2D eigenvalue weighted by atomic mass is 16.5. The van der Waals surface area contributed by atoms with E-state index in [1.165, 1.54) is 13.8 Å². The fourth-order valence-electron chi connectivity index (χ4n) is 2.26. The van der Waals surface area contributed by atoms with Crippen molar-refractivity contribution in [3.05, 3.63) is 28.8 Å². The summed E-state index contributed by atoms with van der Waals surface area (Å²) in [7, 11) is 0. The molecule has 0 aliphatic rings. The number of aryl methyl sites for hydroxylation is 1. The summed E-state index contributed by atoms with van der Waals surface area (Å²) in [6, 6.07) is 3.36. The van der Waals surface area contributed by atoms with Crippen molar-refractivity contribution in [3.8, 4) is 5.75 Å². The average molecular weight is 328 g/mol. The minimum Gasteiger partial charge on any atom is -0.508 e. The van der Waals surface area contributed by atoms with Crippen LogP contribution in [0.4, 0.5) is 0 Å². The van der Waals surface area contributed by atoms with Crippen LogP contribution in [-0.4, -0.2) is 37.4 Å². The molecule has 0 fully saturated rings. The third-order valence-electron chi connectivity index (χ3n) is 3.50. The largest absolute Gasteiger partial charge is 0.508 e. The Morgan fingerprint density at radius 1 is 0.913 bits per heavy atom. The Kier molecular flexibility index (Phi) is 6.94. The van der Waals surface area contributed by atoms with Gasteiger partial charge in [0.2, 0.25) is 11.8 Å². The lowest BCUT2D eigenvalue weighted by molar-refractivity contribution is -0.172. The second kappa shape index (κ2) is 8.05. The zero-order valence-corrected chi connectivity index (χ0v) is 13.9. The number of nitrogens with one attached hydrogen (secondary N) is 2. The van der Waals surface area contributed by atoms with Gasteiger partial charge in [0.1, 0.15) is 5.75 Å². The van der Waals surface area contributed by atoms with Gasteiger partial charge < -0.3 is 25.5 Å². The molecule has 1 aromatic carbocycles. The molecule has 1 aromatic rings. The molecular formula is C16H28N2O5. The molecule has 0 heterocycles. The summed E-state index contributed by atoms with van der Waals surface area (Å²) in [5, 5.41) is 52.9. The Bertz CT molecular complexity index is 506. The zero-order valence-electron chi connectivity index (χ0n) is 13.9. The number of aliphatic hydroxyl groups is 4. The van der Waals surface area contributed by atoms with E-state index >= 15 is 0 Å². The first-order valence-electron chi connectivity index (χ1n) is 7.75. The first-order chi connectivity index (χ1) is 10.5. The van der Waals surface area contributed by atoms with Crippen LogP contribution in [0.25, 0.3) is 0 Å². The number of aromatic hydroxyl groups is 1. The lowest BCUT2D eigenvalue weighted by Crippen LogP contribution is -2.43. The highest BCUT2D eigenvalue weighted by molar-refractivity contribution is 5.44. The number of rotatable bonds is 9. The minimum atomic E-state index is -2.07. The Labute approximate surface area is 136 Å². The summed E-state index contributed by atoms with van der Waals surface area (Å²) in [6.07, 6.45) is 2.74. The Balaban J connectivity index is 3.11. The summed E-state index contributed by atoms with van der Waals surface area (Å²) in [5.41, 5.74) is 2.17. The third-order valence-corrected chi connectivity index (χ3v) is 3.50. The van der Waals surface area contributed by atoms with E-state index in [0.717, 1.165) is 24.8 Å². The van der Waals surface area contributed by atoms with Crippen molar-refractivity contribution in [2.24, 2.45) is 0 Å². The van der Waals surface area contributed by atoms with Crippen molar-refractivity contribution in [1.29, 1.82) is 0 Å². The lowest BCUT2D eigenvalue weighted by atomic mass is 9.95. The molecule has 0 unspecified atom stereocenters. The first kappa shape index (κ1) is 19.8. The molecule has 0 amide bonds. The normalized spacial score (nSPS) is 12.7. The van der Waals surface area contributed by atoms with Gasteiger partial charge in [-0.05, 0) is 30.0 Å². The van der Waals surface area contributed by atoms with Crippen LogP contribution in [0.5, 0.6) is 5.75 Å². The zero-order chi connectivity index (χ0) is 17.7. The van der Waals surface area contributed by atoms with Gasteiger partial charge in [0.15, 0.2) is 0 Å². The molecular weight excluding hydrogens is 300 g/mol. The molecule has 1 rings (SSSR count). The Morgan fingerprint density at radius 2 is 1.43 bits per heavy atom. The van der Waals surface area contributed by atoms with E-state index < -0.39 is 11.8 Å². The van der Waals surface area contributed by atoms with Crippen LogP contribution in [0.3, 0.4) is 0 Å². The van der Waals surface area contributed by atoms with Gasteiger partial charge in [0.25, 0.3) is 0 Å². The van der Waals surface area contributed by atoms with Gasteiger partial charge in [-0.25, -0.2) is 0 Å². The van der Waals surface area contributed by atoms with Crippen molar-refractivity contribution in [2.75, 3.05) is 0 Å². The van der Waals surface area contributed by atoms with E-state index in [4.69, 9.17) is 0 Å². The highest BCUT2D eigenvalue weighted by Gasteiger charge is 2.20. The molecule has 0 saturated heterocycles. The standard InChI is InChI=1S/C16H28N2O5/c1-4-5-6-11-7-8-14(19)13(10-18-16(3,22)23)12(11)9-17-15(2,20)21/h7-8,17-23H,4-6,9-10H2,1-3H3. The van der Waals surface area contributed by atoms with Crippen LogP contribution in [0.15, 0.2) is 12.1 Å². The van der Waals surface area contributed by atoms with E-state index in [1.54, 1.807) is 12.1 Å².